The van der Waals surface area contributed by atoms with Crippen molar-refractivity contribution in [1.82, 2.24) is 10.3 Å². The molecule has 1 aliphatic rings. The molecule has 0 aliphatic carbocycles. The number of hydrogen-bond acceptors (Lipinski definition) is 5. The largest absolute Gasteiger partial charge is 0.351 e. The Balaban J connectivity index is 1.68. The van der Waals surface area contributed by atoms with E-state index in [0.717, 1.165) is 5.56 Å². The van der Waals surface area contributed by atoms with Gasteiger partial charge in [-0.15, -0.1) is 11.3 Å². The molecule has 3 rings (SSSR count). The van der Waals surface area contributed by atoms with Gasteiger partial charge in [0.15, 0.2) is 9.84 Å². The third-order valence-corrected chi connectivity index (χ3v) is 7.01. The molecular formula is C16H17FN2O3S2. The summed E-state index contributed by atoms with van der Waals surface area (Å²) in [7, 11) is -2.94. The summed E-state index contributed by atoms with van der Waals surface area (Å²) < 4.78 is 35.9. The van der Waals surface area contributed by atoms with Crippen LogP contribution in [0.3, 0.4) is 0 Å². The number of nitrogens with one attached hydrogen (secondary N) is 1. The Morgan fingerprint density at radius 3 is 2.71 bits per heavy atom. The molecular weight excluding hydrogens is 351 g/mol. The minimum atomic E-state index is -2.94. The number of aromatic nitrogens is 1. The van der Waals surface area contributed by atoms with E-state index in [1.165, 1.54) is 23.5 Å². The van der Waals surface area contributed by atoms with Gasteiger partial charge in [0.05, 0.1) is 17.2 Å². The Labute approximate surface area is 143 Å². The van der Waals surface area contributed by atoms with Crippen molar-refractivity contribution < 1.29 is 17.6 Å². The maximum absolute atomic E-state index is 13.0. The van der Waals surface area contributed by atoms with Gasteiger partial charge in [0.2, 0.25) is 0 Å². The highest BCUT2D eigenvalue weighted by Gasteiger charge is 2.28. The Morgan fingerprint density at radius 1 is 1.38 bits per heavy atom. The number of hydrogen-bond donors (Lipinski definition) is 1. The van der Waals surface area contributed by atoms with Crippen molar-refractivity contribution in [3.8, 4) is 10.6 Å². The first-order valence-corrected chi connectivity index (χ1v) is 10.2. The van der Waals surface area contributed by atoms with Gasteiger partial charge in [0.25, 0.3) is 5.91 Å². The number of aryl methyl sites for hydroxylation is 1. The topological polar surface area (TPSA) is 76.1 Å². The van der Waals surface area contributed by atoms with E-state index >= 15 is 0 Å². The Kier molecular flexibility index (Phi) is 4.69. The zero-order valence-corrected chi connectivity index (χ0v) is 14.7. The van der Waals surface area contributed by atoms with E-state index in [-0.39, 0.29) is 29.1 Å². The average Bonchev–Trinajstić information content (AvgIpc) is 3.08. The van der Waals surface area contributed by atoms with Gasteiger partial charge in [-0.25, -0.2) is 17.8 Å². The summed E-state index contributed by atoms with van der Waals surface area (Å²) >= 11 is 1.24. The summed E-state index contributed by atoms with van der Waals surface area (Å²) in [6, 6.07) is 5.95. The van der Waals surface area contributed by atoms with Crippen molar-refractivity contribution in [2.24, 2.45) is 5.92 Å². The fourth-order valence-electron chi connectivity index (χ4n) is 2.67. The van der Waals surface area contributed by atoms with Gasteiger partial charge in [-0.3, -0.25) is 4.79 Å². The third kappa shape index (κ3) is 3.81. The van der Waals surface area contributed by atoms with Crippen LogP contribution < -0.4 is 5.32 Å². The van der Waals surface area contributed by atoms with E-state index in [1.807, 2.05) is 0 Å². The number of amides is 1. The van der Waals surface area contributed by atoms with Crippen molar-refractivity contribution in [1.29, 1.82) is 0 Å². The van der Waals surface area contributed by atoms with Crippen molar-refractivity contribution in [3.05, 3.63) is 40.7 Å². The summed E-state index contributed by atoms with van der Waals surface area (Å²) in [6.45, 7) is 2.10. The van der Waals surface area contributed by atoms with Crippen LogP contribution >= 0.6 is 11.3 Å². The van der Waals surface area contributed by atoms with Crippen LogP contribution in [0.1, 0.15) is 21.8 Å². The summed E-state index contributed by atoms with van der Waals surface area (Å²) in [4.78, 5) is 17.2. The molecule has 24 heavy (non-hydrogen) atoms. The van der Waals surface area contributed by atoms with Crippen molar-refractivity contribution in [2.75, 3.05) is 18.1 Å². The minimum absolute atomic E-state index is 0.0243. The number of rotatable bonds is 4. The summed E-state index contributed by atoms with van der Waals surface area (Å²) in [5.41, 5.74) is 1.36. The molecule has 2 aromatic rings. The Morgan fingerprint density at radius 2 is 2.08 bits per heavy atom. The van der Waals surface area contributed by atoms with Crippen LogP contribution in [0.4, 0.5) is 4.39 Å². The lowest BCUT2D eigenvalue weighted by Gasteiger charge is -2.08. The molecule has 1 N–H and O–H groups in total. The van der Waals surface area contributed by atoms with Crippen molar-refractivity contribution in [2.45, 2.75) is 13.3 Å². The van der Waals surface area contributed by atoms with Gasteiger partial charge in [-0.2, -0.15) is 0 Å². The first kappa shape index (κ1) is 17.0. The molecule has 5 nitrogen and oxygen atoms in total. The van der Waals surface area contributed by atoms with Gasteiger partial charge >= 0.3 is 0 Å². The Bertz CT molecular complexity index is 860. The first-order chi connectivity index (χ1) is 11.3. The fraction of sp³-hybridized carbons (Fsp3) is 0.375. The molecule has 0 bridgehead atoms. The zero-order chi connectivity index (χ0) is 17.3. The lowest BCUT2D eigenvalue weighted by Crippen LogP contribution is -2.29. The molecule has 1 atom stereocenters. The minimum Gasteiger partial charge on any atom is -0.351 e. The second kappa shape index (κ2) is 6.60. The predicted octanol–water partition coefficient (Wildman–Crippen LogP) is 2.42. The number of sulfone groups is 1. The normalized spacial score (nSPS) is 19.3. The molecule has 1 aliphatic heterocycles. The molecule has 1 fully saturated rings. The van der Waals surface area contributed by atoms with Crippen LogP contribution in [0.2, 0.25) is 0 Å². The van der Waals surface area contributed by atoms with Crippen LogP contribution in [0.15, 0.2) is 24.3 Å². The summed E-state index contributed by atoms with van der Waals surface area (Å²) in [5.74, 6) is -0.264. The maximum Gasteiger partial charge on any atom is 0.263 e. The molecule has 2 heterocycles. The van der Waals surface area contributed by atoms with Gasteiger partial charge in [-0.1, -0.05) is 0 Å². The van der Waals surface area contributed by atoms with Gasteiger partial charge in [0.1, 0.15) is 15.7 Å². The number of thiazole rings is 1. The molecule has 1 aromatic heterocycles. The summed E-state index contributed by atoms with van der Waals surface area (Å²) in [6.07, 6.45) is 0.588. The van der Waals surface area contributed by atoms with E-state index in [9.17, 15) is 17.6 Å². The van der Waals surface area contributed by atoms with Crippen LogP contribution in [-0.2, 0) is 9.84 Å². The molecule has 1 unspecified atom stereocenters. The van der Waals surface area contributed by atoms with Crippen molar-refractivity contribution in [3.63, 3.8) is 0 Å². The molecule has 0 saturated carbocycles. The van der Waals surface area contributed by atoms with Crippen LogP contribution in [-0.4, -0.2) is 37.4 Å². The van der Waals surface area contributed by atoms with Gasteiger partial charge in [-0.05, 0) is 43.5 Å². The monoisotopic (exact) mass is 368 g/mol. The number of carbonyl (C=O) groups excluding carboxylic acids is 1. The van der Waals surface area contributed by atoms with Crippen LogP contribution in [0.25, 0.3) is 10.6 Å². The number of benzene rings is 1. The highest BCUT2D eigenvalue weighted by atomic mass is 32.2. The predicted molar refractivity (Wildman–Crippen MR) is 91.3 cm³/mol. The van der Waals surface area contributed by atoms with E-state index < -0.39 is 9.84 Å². The first-order valence-electron chi connectivity index (χ1n) is 7.56. The van der Waals surface area contributed by atoms with Gasteiger partial charge < -0.3 is 5.32 Å². The zero-order valence-electron chi connectivity index (χ0n) is 13.1. The molecule has 128 valence electrons. The number of carbonyl (C=O) groups is 1. The highest BCUT2D eigenvalue weighted by Crippen LogP contribution is 2.28. The van der Waals surface area contributed by atoms with E-state index in [1.54, 1.807) is 19.1 Å². The number of nitrogens with zero attached hydrogens (tertiary/aromatic N) is 1. The maximum atomic E-state index is 13.0. The summed E-state index contributed by atoms with van der Waals surface area (Å²) in [5, 5.41) is 3.45. The second-order valence-electron chi connectivity index (χ2n) is 5.92. The van der Waals surface area contributed by atoms with Crippen LogP contribution in [0, 0.1) is 18.7 Å². The lowest BCUT2D eigenvalue weighted by atomic mass is 10.1. The number of halogens is 1. The van der Waals surface area contributed by atoms with Crippen molar-refractivity contribution >= 4 is 27.1 Å². The van der Waals surface area contributed by atoms with E-state index in [2.05, 4.69) is 10.3 Å². The quantitative estimate of drug-likeness (QED) is 0.899. The van der Waals surface area contributed by atoms with Crippen LogP contribution in [0.5, 0.6) is 0 Å². The highest BCUT2D eigenvalue weighted by molar-refractivity contribution is 7.91. The van der Waals surface area contributed by atoms with Gasteiger partial charge in [0, 0.05) is 12.1 Å². The standard InChI is InChI=1S/C16H17FN2O3S2/c1-10-14(15(20)18-8-11-6-7-24(21,22)9-11)23-16(19-10)12-2-4-13(17)5-3-12/h2-5,11H,6-9H2,1H3,(H,18,20). The van der Waals surface area contributed by atoms with E-state index in [0.29, 0.717) is 28.5 Å². The molecule has 0 spiro atoms. The fourth-order valence-corrected chi connectivity index (χ4v) is 5.52. The third-order valence-electron chi connectivity index (χ3n) is 3.97. The molecule has 1 amide bonds. The average molecular weight is 368 g/mol. The molecule has 1 aromatic carbocycles. The second-order valence-corrected chi connectivity index (χ2v) is 9.15. The molecule has 8 heteroatoms. The smallest absolute Gasteiger partial charge is 0.263 e. The molecule has 0 radical (unpaired) electrons. The molecule has 1 saturated heterocycles. The Hall–Kier alpha value is -1.80. The SMILES string of the molecule is Cc1nc(-c2ccc(F)cc2)sc1C(=O)NCC1CCS(=O)(=O)C1. The lowest BCUT2D eigenvalue weighted by molar-refractivity contribution is 0.0951. The van der Waals surface area contributed by atoms with E-state index in [4.69, 9.17) is 0 Å².